The van der Waals surface area contributed by atoms with Crippen LogP contribution in [0, 0.1) is 11.3 Å². The van der Waals surface area contributed by atoms with Crippen molar-refractivity contribution in [2.75, 3.05) is 19.6 Å². The Morgan fingerprint density at radius 3 is 2.64 bits per heavy atom. The van der Waals surface area contributed by atoms with Crippen LogP contribution in [0.2, 0.25) is 0 Å². The maximum Gasteiger partial charge on any atom is 0.240 e. The first-order valence-corrected chi connectivity index (χ1v) is 9.87. The maximum atomic E-state index is 12.8. The lowest BCUT2D eigenvalue weighted by molar-refractivity contribution is -0.136. The molecule has 25 heavy (non-hydrogen) atoms. The van der Waals surface area contributed by atoms with E-state index in [-0.39, 0.29) is 17.4 Å². The van der Waals surface area contributed by atoms with E-state index in [2.05, 4.69) is 34.2 Å². The highest BCUT2D eigenvalue weighted by Crippen LogP contribution is 2.35. The minimum atomic E-state index is -0.0231. The molecule has 0 bridgehead atoms. The van der Waals surface area contributed by atoms with E-state index in [1.165, 1.54) is 19.3 Å². The molecule has 1 saturated carbocycles. The van der Waals surface area contributed by atoms with Gasteiger partial charge in [0.15, 0.2) is 5.82 Å². The molecule has 1 aromatic heterocycles. The Morgan fingerprint density at radius 2 is 2.04 bits per heavy atom. The Labute approximate surface area is 149 Å². The van der Waals surface area contributed by atoms with Gasteiger partial charge in [0.05, 0.1) is 6.04 Å². The molecule has 0 spiro atoms. The van der Waals surface area contributed by atoms with E-state index >= 15 is 0 Å². The van der Waals surface area contributed by atoms with E-state index in [9.17, 15) is 4.79 Å². The highest BCUT2D eigenvalue weighted by molar-refractivity contribution is 5.83. The molecule has 0 aromatic carbocycles. The average Bonchev–Trinajstić information content (AvgIpc) is 3.12. The normalized spacial score (nSPS) is 27.4. The number of nitrogens with one attached hydrogen (secondary N) is 1. The summed E-state index contributed by atoms with van der Waals surface area (Å²) in [6.45, 7) is 7.03. The van der Waals surface area contributed by atoms with E-state index in [0.29, 0.717) is 11.8 Å². The lowest BCUT2D eigenvalue weighted by Gasteiger charge is -2.36. The quantitative estimate of drug-likeness (QED) is 0.907. The molecule has 138 valence electrons. The minimum absolute atomic E-state index is 0.0231. The summed E-state index contributed by atoms with van der Waals surface area (Å²) in [7, 11) is 0. The number of carbonyl (C=O) groups is 1. The summed E-state index contributed by atoms with van der Waals surface area (Å²) in [5, 5.41) is 7.55. The van der Waals surface area contributed by atoms with Crippen LogP contribution in [0.5, 0.6) is 0 Å². The van der Waals surface area contributed by atoms with Crippen LogP contribution in [-0.4, -0.2) is 46.6 Å². The largest absolute Gasteiger partial charge is 0.341 e. The monoisotopic (exact) mass is 346 g/mol. The van der Waals surface area contributed by atoms with Crippen LogP contribution in [0.25, 0.3) is 0 Å². The van der Waals surface area contributed by atoms with Crippen LogP contribution < -0.4 is 5.32 Å². The van der Waals surface area contributed by atoms with Gasteiger partial charge in [-0.3, -0.25) is 4.79 Å². The second-order valence-electron chi connectivity index (χ2n) is 8.77. The van der Waals surface area contributed by atoms with Crippen molar-refractivity contribution < 1.29 is 9.32 Å². The summed E-state index contributed by atoms with van der Waals surface area (Å²) in [4.78, 5) is 19.5. The Hall–Kier alpha value is -1.43. The number of likely N-dealkylation sites (tertiary alicyclic amines) is 1. The number of aromatic nitrogens is 2. The highest BCUT2D eigenvalue weighted by atomic mass is 16.5. The van der Waals surface area contributed by atoms with Crippen molar-refractivity contribution in [1.82, 2.24) is 20.4 Å². The van der Waals surface area contributed by atoms with Gasteiger partial charge in [0.25, 0.3) is 0 Å². The molecule has 2 saturated heterocycles. The molecule has 2 aliphatic heterocycles. The number of hydrogen-bond donors (Lipinski definition) is 1. The van der Waals surface area contributed by atoms with Gasteiger partial charge in [0.2, 0.25) is 11.8 Å². The Bertz CT molecular complexity index is 615. The van der Waals surface area contributed by atoms with E-state index in [0.717, 1.165) is 57.0 Å². The third-order valence-electron chi connectivity index (χ3n) is 6.49. The SMILES string of the molecule is CC1(C)CCNC1C(=O)N1CCC(Cc2nc(C3CCC3)no2)CC1. The Kier molecular flexibility index (Phi) is 4.56. The Morgan fingerprint density at radius 1 is 1.28 bits per heavy atom. The first kappa shape index (κ1) is 17.0. The average molecular weight is 346 g/mol. The maximum absolute atomic E-state index is 12.8. The van der Waals surface area contributed by atoms with Crippen molar-refractivity contribution in [2.24, 2.45) is 11.3 Å². The van der Waals surface area contributed by atoms with Crippen LogP contribution in [-0.2, 0) is 11.2 Å². The summed E-state index contributed by atoms with van der Waals surface area (Å²) in [5.74, 6) is 3.04. The van der Waals surface area contributed by atoms with Crippen molar-refractivity contribution in [2.45, 2.75) is 70.8 Å². The predicted octanol–water partition coefficient (Wildman–Crippen LogP) is 2.51. The number of piperidine rings is 1. The van der Waals surface area contributed by atoms with Gasteiger partial charge in [-0.1, -0.05) is 25.4 Å². The van der Waals surface area contributed by atoms with Gasteiger partial charge in [-0.2, -0.15) is 4.98 Å². The van der Waals surface area contributed by atoms with Crippen LogP contribution in [0.15, 0.2) is 4.52 Å². The van der Waals surface area contributed by atoms with Gasteiger partial charge in [-0.25, -0.2) is 0 Å². The second kappa shape index (κ2) is 6.71. The molecule has 6 nitrogen and oxygen atoms in total. The number of carbonyl (C=O) groups excluding carboxylic acids is 1. The zero-order valence-electron chi connectivity index (χ0n) is 15.5. The first-order valence-electron chi connectivity index (χ1n) is 9.87. The van der Waals surface area contributed by atoms with Gasteiger partial charge in [0.1, 0.15) is 0 Å². The number of hydrogen-bond acceptors (Lipinski definition) is 5. The lowest BCUT2D eigenvalue weighted by atomic mass is 9.83. The lowest BCUT2D eigenvalue weighted by Crippen LogP contribution is -2.51. The van der Waals surface area contributed by atoms with Gasteiger partial charge in [-0.05, 0) is 50.0 Å². The molecule has 3 aliphatic rings. The molecular weight excluding hydrogens is 316 g/mol. The Balaban J connectivity index is 1.28. The van der Waals surface area contributed by atoms with Crippen molar-refractivity contribution in [1.29, 1.82) is 0 Å². The van der Waals surface area contributed by atoms with Crippen molar-refractivity contribution >= 4 is 5.91 Å². The minimum Gasteiger partial charge on any atom is -0.341 e. The molecule has 1 atom stereocenters. The zero-order chi connectivity index (χ0) is 17.4. The third-order valence-corrected chi connectivity index (χ3v) is 6.49. The molecule has 4 rings (SSSR count). The van der Waals surface area contributed by atoms with Crippen molar-refractivity contribution in [3.63, 3.8) is 0 Å². The van der Waals surface area contributed by atoms with Gasteiger partial charge < -0.3 is 14.7 Å². The molecular formula is C19H30N4O2. The van der Waals surface area contributed by atoms with Gasteiger partial charge in [0, 0.05) is 25.4 Å². The smallest absolute Gasteiger partial charge is 0.240 e. The topological polar surface area (TPSA) is 71.3 Å². The van der Waals surface area contributed by atoms with Crippen molar-refractivity contribution in [3.05, 3.63) is 11.7 Å². The molecule has 6 heteroatoms. The zero-order valence-corrected chi connectivity index (χ0v) is 15.5. The first-order chi connectivity index (χ1) is 12.0. The fourth-order valence-electron chi connectivity index (χ4n) is 4.35. The van der Waals surface area contributed by atoms with Crippen LogP contribution in [0.4, 0.5) is 0 Å². The van der Waals surface area contributed by atoms with E-state index in [1.54, 1.807) is 0 Å². The highest BCUT2D eigenvalue weighted by Gasteiger charge is 2.41. The summed E-state index contributed by atoms with van der Waals surface area (Å²) in [5.41, 5.74) is 0.0651. The standard InChI is InChI=1S/C19H30N4O2/c1-19(2)8-9-20-16(19)18(24)23-10-6-13(7-11-23)12-15-21-17(22-25-15)14-4-3-5-14/h13-14,16,20H,3-12H2,1-2H3. The fraction of sp³-hybridized carbons (Fsp3) is 0.842. The van der Waals surface area contributed by atoms with Crippen LogP contribution in [0.1, 0.15) is 70.0 Å². The molecule has 1 aliphatic carbocycles. The van der Waals surface area contributed by atoms with Gasteiger partial charge in [-0.15, -0.1) is 0 Å². The molecule has 0 radical (unpaired) electrons. The number of nitrogens with zero attached hydrogens (tertiary/aromatic N) is 3. The number of rotatable bonds is 4. The molecule has 1 N–H and O–H groups in total. The molecule has 1 aromatic rings. The summed E-state index contributed by atoms with van der Waals surface area (Å²) >= 11 is 0. The van der Waals surface area contributed by atoms with Gasteiger partial charge >= 0.3 is 0 Å². The van der Waals surface area contributed by atoms with Crippen LogP contribution >= 0.6 is 0 Å². The van der Waals surface area contributed by atoms with E-state index < -0.39 is 0 Å². The third kappa shape index (κ3) is 3.46. The summed E-state index contributed by atoms with van der Waals surface area (Å²) < 4.78 is 5.46. The number of amides is 1. The van der Waals surface area contributed by atoms with Crippen LogP contribution in [0.3, 0.4) is 0 Å². The summed E-state index contributed by atoms with van der Waals surface area (Å²) in [6, 6.07) is -0.0231. The second-order valence-corrected chi connectivity index (χ2v) is 8.77. The molecule has 3 heterocycles. The molecule has 1 amide bonds. The van der Waals surface area contributed by atoms with E-state index in [1.807, 2.05) is 0 Å². The van der Waals surface area contributed by atoms with E-state index in [4.69, 9.17) is 4.52 Å². The molecule has 1 unspecified atom stereocenters. The summed E-state index contributed by atoms with van der Waals surface area (Å²) in [6.07, 6.45) is 7.67. The fourth-order valence-corrected chi connectivity index (χ4v) is 4.35. The predicted molar refractivity (Wildman–Crippen MR) is 94.1 cm³/mol. The van der Waals surface area contributed by atoms with Crippen molar-refractivity contribution in [3.8, 4) is 0 Å². The molecule has 3 fully saturated rings.